The molecule has 0 spiro atoms. The van der Waals surface area contributed by atoms with Crippen LogP contribution in [0.3, 0.4) is 0 Å². The molecule has 0 aliphatic carbocycles. The summed E-state index contributed by atoms with van der Waals surface area (Å²) in [4.78, 5) is 12.5. The Kier molecular flexibility index (Phi) is 4.06. The lowest BCUT2D eigenvalue weighted by Gasteiger charge is -2.15. The van der Waals surface area contributed by atoms with Crippen LogP contribution in [0.1, 0.15) is 0 Å². The fraction of sp³-hybridized carbons (Fsp3) is 0.222. The molecule has 1 amide bonds. The van der Waals surface area contributed by atoms with Crippen molar-refractivity contribution in [3.05, 3.63) is 24.3 Å². The van der Waals surface area contributed by atoms with Gasteiger partial charge in [-0.15, -0.1) is 0 Å². The second kappa shape index (κ2) is 4.94. The van der Waals surface area contributed by atoms with Gasteiger partial charge in [-0.25, -0.2) is 0 Å². The van der Waals surface area contributed by atoms with Gasteiger partial charge in [-0.05, 0) is 24.3 Å². The molecule has 16 heavy (non-hydrogen) atoms. The van der Waals surface area contributed by atoms with Gasteiger partial charge in [-0.1, -0.05) is 15.9 Å². The number of anilines is 1. The molecular weight excluding hydrogens is 298 g/mol. The zero-order valence-corrected chi connectivity index (χ0v) is 10.8. The number of amides is 1. The summed E-state index contributed by atoms with van der Waals surface area (Å²) in [5.74, 6) is -0.153. The van der Waals surface area contributed by atoms with E-state index in [1.165, 1.54) is 29.2 Å². The maximum absolute atomic E-state index is 11.3. The summed E-state index contributed by atoms with van der Waals surface area (Å²) in [5.41, 5.74) is 0.553. The van der Waals surface area contributed by atoms with Crippen LogP contribution in [0.2, 0.25) is 0 Å². The number of carbonyl (C=O) groups excluding carboxylic acids is 1. The van der Waals surface area contributed by atoms with Crippen LogP contribution in [-0.2, 0) is 14.9 Å². The topological polar surface area (TPSA) is 74.7 Å². The Morgan fingerprint density at radius 2 is 1.88 bits per heavy atom. The average Bonchev–Trinajstić information content (AvgIpc) is 2.26. The summed E-state index contributed by atoms with van der Waals surface area (Å²) < 4.78 is 30.3. The van der Waals surface area contributed by atoms with Crippen LogP contribution in [0.5, 0.6) is 0 Å². The summed E-state index contributed by atoms with van der Waals surface area (Å²) in [6.07, 6.45) is 0. The lowest BCUT2D eigenvalue weighted by molar-refractivity contribution is -0.115. The number of alkyl halides is 1. The number of hydrogen-bond donors (Lipinski definition) is 1. The molecule has 0 aromatic heterocycles. The summed E-state index contributed by atoms with van der Waals surface area (Å²) in [5, 5.41) is 0.184. The Morgan fingerprint density at radius 1 is 1.38 bits per heavy atom. The van der Waals surface area contributed by atoms with Crippen LogP contribution in [0.15, 0.2) is 29.2 Å². The molecule has 0 saturated carbocycles. The first kappa shape index (κ1) is 13.1. The predicted octanol–water partition coefficient (Wildman–Crippen LogP) is 1.29. The van der Waals surface area contributed by atoms with Gasteiger partial charge < -0.3 is 4.90 Å². The highest BCUT2D eigenvalue weighted by molar-refractivity contribution is 9.09. The third-order valence-corrected chi connectivity index (χ3v) is 3.36. The highest BCUT2D eigenvalue weighted by Gasteiger charge is 2.12. The molecule has 0 saturated heterocycles. The Balaban J connectivity index is 3.00. The highest BCUT2D eigenvalue weighted by Crippen LogP contribution is 2.17. The van der Waals surface area contributed by atoms with Crippen molar-refractivity contribution in [2.45, 2.75) is 4.90 Å². The zero-order valence-electron chi connectivity index (χ0n) is 8.42. The molecule has 0 aliphatic rings. The van der Waals surface area contributed by atoms with Crippen LogP contribution in [-0.4, -0.2) is 31.3 Å². The average molecular weight is 308 g/mol. The van der Waals surface area contributed by atoms with Crippen molar-refractivity contribution >= 4 is 37.6 Å². The zero-order chi connectivity index (χ0) is 12.3. The Labute approximate surface area is 102 Å². The lowest BCUT2D eigenvalue weighted by Crippen LogP contribution is -2.26. The normalized spacial score (nSPS) is 11.2. The van der Waals surface area contributed by atoms with Crippen molar-refractivity contribution in [3.8, 4) is 0 Å². The van der Waals surface area contributed by atoms with Crippen LogP contribution >= 0.6 is 15.9 Å². The summed E-state index contributed by atoms with van der Waals surface area (Å²) in [6, 6.07) is 5.37. The monoisotopic (exact) mass is 307 g/mol. The third kappa shape index (κ3) is 3.03. The number of carbonyl (C=O) groups is 1. The van der Waals surface area contributed by atoms with Gasteiger partial charge in [0.05, 0.1) is 10.2 Å². The standard InChI is InChI=1S/C9H10BrNO4S/c1-11(9(12)6-10)7-2-4-8(5-3-7)16(13,14)15/h2-5H,6H2,1H3,(H,13,14,15). The van der Waals surface area contributed by atoms with Gasteiger partial charge in [0, 0.05) is 12.7 Å². The van der Waals surface area contributed by atoms with Gasteiger partial charge in [-0.3, -0.25) is 9.35 Å². The van der Waals surface area contributed by atoms with Crippen LogP contribution < -0.4 is 4.90 Å². The van der Waals surface area contributed by atoms with Gasteiger partial charge in [0.2, 0.25) is 5.91 Å². The molecule has 0 radical (unpaired) electrons. The number of nitrogens with zero attached hydrogens (tertiary/aromatic N) is 1. The van der Waals surface area contributed by atoms with Crippen molar-refractivity contribution in [3.63, 3.8) is 0 Å². The molecule has 0 unspecified atom stereocenters. The van der Waals surface area contributed by atoms with E-state index in [-0.39, 0.29) is 16.1 Å². The smallest absolute Gasteiger partial charge is 0.294 e. The molecule has 88 valence electrons. The van der Waals surface area contributed by atoms with E-state index < -0.39 is 10.1 Å². The van der Waals surface area contributed by atoms with Gasteiger partial charge in [0.1, 0.15) is 0 Å². The lowest BCUT2D eigenvalue weighted by atomic mass is 10.3. The first-order valence-corrected chi connectivity index (χ1v) is 6.82. The Morgan fingerprint density at radius 3 is 2.25 bits per heavy atom. The van der Waals surface area contributed by atoms with Crippen molar-refractivity contribution in [2.75, 3.05) is 17.3 Å². The fourth-order valence-electron chi connectivity index (χ4n) is 1.08. The molecule has 1 aromatic carbocycles. The summed E-state index contributed by atoms with van der Waals surface area (Å²) in [6.45, 7) is 0. The second-order valence-corrected chi connectivity index (χ2v) is 5.04. The molecule has 5 nitrogen and oxygen atoms in total. The van der Waals surface area contributed by atoms with Crippen molar-refractivity contribution in [2.24, 2.45) is 0 Å². The minimum absolute atomic E-state index is 0.153. The molecule has 0 bridgehead atoms. The molecule has 1 aromatic rings. The van der Waals surface area contributed by atoms with Crippen LogP contribution in [0.4, 0.5) is 5.69 Å². The summed E-state index contributed by atoms with van der Waals surface area (Å²) in [7, 11) is -2.61. The van der Waals surface area contributed by atoms with Gasteiger partial charge in [-0.2, -0.15) is 8.42 Å². The number of rotatable bonds is 3. The Bertz CT molecular complexity index is 483. The van der Waals surface area contributed by atoms with E-state index in [4.69, 9.17) is 4.55 Å². The second-order valence-electron chi connectivity index (χ2n) is 3.06. The van der Waals surface area contributed by atoms with E-state index in [9.17, 15) is 13.2 Å². The van der Waals surface area contributed by atoms with E-state index in [1.54, 1.807) is 7.05 Å². The maximum Gasteiger partial charge on any atom is 0.294 e. The first-order valence-electron chi connectivity index (χ1n) is 4.26. The molecule has 0 fully saturated rings. The molecule has 1 N–H and O–H groups in total. The predicted molar refractivity (Wildman–Crippen MR) is 63.5 cm³/mol. The number of halogens is 1. The largest absolute Gasteiger partial charge is 0.315 e. The van der Waals surface area contributed by atoms with Crippen molar-refractivity contribution in [1.29, 1.82) is 0 Å². The highest BCUT2D eigenvalue weighted by atomic mass is 79.9. The number of hydrogen-bond acceptors (Lipinski definition) is 3. The van der Waals surface area contributed by atoms with Crippen molar-refractivity contribution in [1.82, 2.24) is 0 Å². The van der Waals surface area contributed by atoms with Crippen LogP contribution in [0, 0.1) is 0 Å². The fourth-order valence-corrected chi connectivity index (χ4v) is 1.93. The molecular formula is C9H10BrNO4S. The molecule has 0 heterocycles. The minimum Gasteiger partial charge on any atom is -0.315 e. The summed E-state index contributed by atoms with van der Waals surface area (Å²) >= 11 is 3.03. The number of benzene rings is 1. The van der Waals surface area contributed by atoms with Gasteiger partial charge in [0.25, 0.3) is 10.1 Å². The van der Waals surface area contributed by atoms with Gasteiger partial charge in [0.15, 0.2) is 0 Å². The SMILES string of the molecule is CN(C(=O)CBr)c1ccc(S(=O)(=O)O)cc1. The van der Waals surface area contributed by atoms with Crippen molar-refractivity contribution < 1.29 is 17.8 Å². The van der Waals surface area contributed by atoms with E-state index in [0.29, 0.717) is 5.69 Å². The quantitative estimate of drug-likeness (QED) is 0.674. The third-order valence-electron chi connectivity index (χ3n) is 2.01. The maximum atomic E-state index is 11.3. The molecule has 7 heteroatoms. The van der Waals surface area contributed by atoms with Gasteiger partial charge >= 0.3 is 0 Å². The minimum atomic E-state index is -4.18. The molecule has 0 atom stereocenters. The van der Waals surface area contributed by atoms with E-state index in [1.807, 2.05) is 0 Å². The Hall–Kier alpha value is -0.920. The first-order chi connectivity index (χ1) is 7.36. The molecule has 1 rings (SSSR count). The van der Waals surface area contributed by atoms with E-state index in [0.717, 1.165) is 0 Å². The van der Waals surface area contributed by atoms with E-state index >= 15 is 0 Å². The van der Waals surface area contributed by atoms with Crippen LogP contribution in [0.25, 0.3) is 0 Å². The molecule has 0 aliphatic heterocycles. The van der Waals surface area contributed by atoms with E-state index in [2.05, 4.69) is 15.9 Å².